The van der Waals surface area contributed by atoms with E-state index >= 15 is 0 Å². The SMILES string of the molecule is C=CCCC(=O)N(CCCOC(=O)C(C)(C(C)(C)NC)C(C)(C)C(C)(C)C(CC(C)(C)C(C)CCCC)c1ccc(CS)cc1)CCNC(=C)CCC(C)=O. The number of carbonyl (C=O) groups is 3. The van der Waals surface area contributed by atoms with E-state index in [0.717, 1.165) is 12.1 Å². The summed E-state index contributed by atoms with van der Waals surface area (Å²) < 4.78 is 6.28. The van der Waals surface area contributed by atoms with Gasteiger partial charge in [-0.05, 0) is 99.6 Å². The minimum absolute atomic E-state index is 0.0341. The highest BCUT2D eigenvalue weighted by atomic mass is 32.1. The summed E-state index contributed by atoms with van der Waals surface area (Å²) in [6, 6.07) is 8.95. The number of Topliss-reactive ketones (excluding diaryl/α,β-unsaturated/α-hetero) is 1. The number of ketones is 1. The van der Waals surface area contributed by atoms with Crippen molar-refractivity contribution in [1.29, 1.82) is 0 Å². The first-order valence-electron chi connectivity index (χ1n) is 20.9. The molecule has 3 unspecified atom stereocenters. The Morgan fingerprint density at radius 1 is 0.945 bits per heavy atom. The normalized spacial score (nSPS) is 14.7. The van der Waals surface area contributed by atoms with Gasteiger partial charge in [-0.2, -0.15) is 12.6 Å². The van der Waals surface area contributed by atoms with Gasteiger partial charge >= 0.3 is 5.97 Å². The molecule has 1 rings (SSSR count). The molecule has 1 aromatic carbocycles. The smallest absolute Gasteiger partial charge is 0.314 e. The Hall–Kier alpha value is -2.58. The van der Waals surface area contributed by atoms with E-state index < -0.39 is 16.4 Å². The number of allylic oxidation sites excluding steroid dienone is 2. The molecule has 0 heterocycles. The maximum Gasteiger partial charge on any atom is 0.314 e. The van der Waals surface area contributed by atoms with E-state index in [-0.39, 0.29) is 41.0 Å². The molecule has 0 saturated carbocycles. The van der Waals surface area contributed by atoms with E-state index in [1.807, 2.05) is 11.9 Å². The summed E-state index contributed by atoms with van der Waals surface area (Å²) >= 11 is 4.54. The molecule has 0 aliphatic heterocycles. The number of rotatable bonds is 28. The first kappa shape index (κ1) is 50.4. The lowest BCUT2D eigenvalue weighted by Crippen LogP contribution is -2.66. The van der Waals surface area contributed by atoms with Crippen molar-refractivity contribution in [3.05, 3.63) is 60.3 Å². The topological polar surface area (TPSA) is 87.7 Å². The minimum atomic E-state index is -0.955. The second kappa shape index (κ2) is 22.4. The molecule has 0 fully saturated rings. The third kappa shape index (κ3) is 13.5. The highest BCUT2D eigenvalue weighted by Crippen LogP contribution is 2.63. The molecular formula is C47H81N3O4S. The lowest BCUT2D eigenvalue weighted by atomic mass is 9.44. The standard InChI is InChI=1S/C47H81N3O4S/c1-16-18-21-35(3)43(6,7)33-40(39-27-25-38(34-55)26-28-39)44(8,9)45(10,11)47(14,46(12,13)48-15)42(53)54-32-20-30-50(41(52)22-19-17-2)31-29-49-36(4)23-24-37(5)51/h17,25-28,35,40,48-49,55H,2,4,16,18-24,29-34H2,1,3,5-15H3. The number of benzene rings is 1. The first-order chi connectivity index (χ1) is 25.5. The summed E-state index contributed by atoms with van der Waals surface area (Å²) in [5, 5.41) is 6.77. The quantitative estimate of drug-likeness (QED) is 0.0340. The van der Waals surface area contributed by atoms with Crippen LogP contribution in [-0.4, -0.2) is 61.4 Å². The minimum Gasteiger partial charge on any atom is -0.465 e. The van der Waals surface area contributed by atoms with Crippen molar-refractivity contribution in [2.75, 3.05) is 33.3 Å². The number of thiol groups is 1. The van der Waals surface area contributed by atoms with Gasteiger partial charge in [-0.1, -0.05) is 112 Å². The van der Waals surface area contributed by atoms with E-state index in [1.54, 1.807) is 13.0 Å². The molecule has 0 aliphatic carbocycles. The summed E-state index contributed by atoms with van der Waals surface area (Å²) in [7, 11) is 1.93. The number of hydrogen-bond donors (Lipinski definition) is 3. The molecule has 0 spiro atoms. The zero-order valence-corrected chi connectivity index (χ0v) is 38.3. The van der Waals surface area contributed by atoms with E-state index in [0.29, 0.717) is 63.4 Å². The zero-order valence-electron chi connectivity index (χ0n) is 37.4. The fourth-order valence-corrected chi connectivity index (χ4v) is 8.20. The highest BCUT2D eigenvalue weighted by Gasteiger charge is 2.64. The molecule has 1 amide bonds. The van der Waals surface area contributed by atoms with E-state index in [9.17, 15) is 14.4 Å². The Morgan fingerprint density at radius 3 is 2.09 bits per heavy atom. The van der Waals surface area contributed by atoms with Gasteiger partial charge in [-0.15, -0.1) is 6.58 Å². The molecule has 8 heteroatoms. The van der Waals surface area contributed by atoms with Gasteiger partial charge in [0.1, 0.15) is 5.78 Å². The van der Waals surface area contributed by atoms with Gasteiger partial charge in [0.15, 0.2) is 0 Å². The van der Waals surface area contributed by atoms with E-state index in [1.165, 1.54) is 30.4 Å². The Kier molecular flexibility index (Phi) is 20.5. The van der Waals surface area contributed by atoms with Crippen molar-refractivity contribution in [2.45, 2.75) is 158 Å². The molecule has 1 aromatic rings. The second-order valence-electron chi connectivity index (χ2n) is 18.5. The zero-order chi connectivity index (χ0) is 42.3. The van der Waals surface area contributed by atoms with E-state index in [2.05, 4.69) is 137 Å². The maximum absolute atomic E-state index is 14.8. The third-order valence-corrected chi connectivity index (χ3v) is 14.3. The van der Waals surface area contributed by atoms with Crippen LogP contribution in [0.4, 0.5) is 0 Å². The number of unbranched alkanes of at least 4 members (excludes halogenated alkanes) is 1. The van der Waals surface area contributed by atoms with Gasteiger partial charge in [0.25, 0.3) is 0 Å². The fourth-order valence-electron chi connectivity index (χ4n) is 7.99. The van der Waals surface area contributed by atoms with Crippen LogP contribution in [0.25, 0.3) is 0 Å². The van der Waals surface area contributed by atoms with Crippen LogP contribution in [0.3, 0.4) is 0 Å². The van der Waals surface area contributed by atoms with Crippen molar-refractivity contribution >= 4 is 30.3 Å². The summed E-state index contributed by atoms with van der Waals surface area (Å²) in [6.07, 6.45) is 8.83. The van der Waals surface area contributed by atoms with Crippen molar-refractivity contribution in [2.24, 2.45) is 27.6 Å². The molecule has 0 saturated heterocycles. The number of esters is 1. The largest absolute Gasteiger partial charge is 0.465 e. The number of ether oxygens (including phenoxy) is 1. The number of nitrogens with one attached hydrogen (secondary N) is 2. The number of carbonyl (C=O) groups excluding carboxylic acids is 3. The first-order valence-corrected chi connectivity index (χ1v) is 21.5. The molecule has 0 aromatic heterocycles. The van der Waals surface area contributed by atoms with Crippen molar-refractivity contribution < 1.29 is 19.1 Å². The Labute approximate surface area is 343 Å². The van der Waals surface area contributed by atoms with Crippen molar-refractivity contribution in [1.82, 2.24) is 15.5 Å². The number of amides is 1. The van der Waals surface area contributed by atoms with Crippen LogP contribution in [0.5, 0.6) is 0 Å². The summed E-state index contributed by atoms with van der Waals surface area (Å²) in [6.45, 7) is 36.1. The van der Waals surface area contributed by atoms with Gasteiger partial charge in [0, 0.05) is 49.5 Å². The lowest BCUT2D eigenvalue weighted by Gasteiger charge is -2.60. The van der Waals surface area contributed by atoms with E-state index in [4.69, 9.17) is 4.74 Å². The van der Waals surface area contributed by atoms with Crippen LogP contribution in [0.2, 0.25) is 0 Å². The summed E-state index contributed by atoms with van der Waals surface area (Å²) in [5.74, 6) is 1.30. The second-order valence-corrected chi connectivity index (χ2v) is 18.8. The maximum atomic E-state index is 14.8. The average molecular weight is 784 g/mol. The number of nitrogens with zero attached hydrogens (tertiary/aromatic N) is 1. The Balaban J connectivity index is 3.45. The lowest BCUT2D eigenvalue weighted by molar-refractivity contribution is -0.182. The Bertz CT molecular complexity index is 1380. The van der Waals surface area contributed by atoms with Gasteiger partial charge in [-0.3, -0.25) is 9.59 Å². The Morgan fingerprint density at radius 2 is 1.56 bits per heavy atom. The van der Waals surface area contributed by atoms with Crippen LogP contribution in [0.15, 0.2) is 49.2 Å². The third-order valence-electron chi connectivity index (χ3n) is 13.9. The molecule has 0 aliphatic rings. The molecule has 0 radical (unpaired) electrons. The molecular weight excluding hydrogens is 703 g/mol. The predicted molar refractivity (Wildman–Crippen MR) is 236 cm³/mol. The molecule has 0 bridgehead atoms. The van der Waals surface area contributed by atoms with Crippen LogP contribution < -0.4 is 10.6 Å². The summed E-state index contributed by atoms with van der Waals surface area (Å²) in [4.78, 5) is 41.2. The fraction of sp³-hybridized carbons (Fsp3) is 0.723. The molecule has 3 atom stereocenters. The predicted octanol–water partition coefficient (Wildman–Crippen LogP) is 10.7. The summed E-state index contributed by atoms with van der Waals surface area (Å²) in [5.41, 5.74) is 0.813. The average Bonchev–Trinajstić information content (AvgIpc) is 3.14. The van der Waals surface area contributed by atoms with Crippen molar-refractivity contribution in [3.63, 3.8) is 0 Å². The van der Waals surface area contributed by atoms with Crippen molar-refractivity contribution in [3.8, 4) is 0 Å². The molecule has 314 valence electrons. The van der Waals surface area contributed by atoms with Crippen LogP contribution in [0, 0.1) is 27.6 Å². The number of hydrogen-bond acceptors (Lipinski definition) is 7. The monoisotopic (exact) mass is 784 g/mol. The van der Waals surface area contributed by atoms with Crippen LogP contribution in [0.1, 0.15) is 158 Å². The van der Waals surface area contributed by atoms with Gasteiger partial charge < -0.3 is 25.1 Å². The van der Waals surface area contributed by atoms with Crippen LogP contribution >= 0.6 is 12.6 Å². The molecule has 55 heavy (non-hydrogen) atoms. The van der Waals surface area contributed by atoms with Gasteiger partial charge in [0.05, 0.1) is 12.0 Å². The van der Waals surface area contributed by atoms with Gasteiger partial charge in [0.2, 0.25) is 5.91 Å². The molecule has 7 nitrogen and oxygen atoms in total. The highest BCUT2D eigenvalue weighted by molar-refractivity contribution is 7.79. The van der Waals surface area contributed by atoms with Crippen LogP contribution in [-0.2, 0) is 24.9 Å². The van der Waals surface area contributed by atoms with Gasteiger partial charge in [-0.25, -0.2) is 0 Å². The molecule has 2 N–H and O–H groups in total.